The van der Waals surface area contributed by atoms with Crippen LogP contribution in [0.1, 0.15) is 38.2 Å². The summed E-state index contributed by atoms with van der Waals surface area (Å²) in [6.07, 6.45) is 4.52. The normalized spacial score (nSPS) is 35.4. The van der Waals surface area contributed by atoms with E-state index in [4.69, 9.17) is 5.73 Å². The highest BCUT2D eigenvalue weighted by atomic mass is 19.1. The third-order valence-corrected chi connectivity index (χ3v) is 10.2. The zero-order chi connectivity index (χ0) is 29.1. The topological polar surface area (TPSA) is 132 Å². The van der Waals surface area contributed by atoms with E-state index in [2.05, 4.69) is 31.8 Å². The Morgan fingerprint density at radius 3 is 2.59 bits per heavy atom. The van der Waals surface area contributed by atoms with Crippen LogP contribution in [0.5, 0.6) is 0 Å². The number of quaternary nitrogens is 1. The average molecular weight is 570 g/mol. The maximum atomic E-state index is 14.6. The number of piperidine rings is 1. The number of nitrogens with two attached hydrogens (primary N) is 1. The van der Waals surface area contributed by atoms with E-state index >= 15 is 0 Å². The Morgan fingerprint density at radius 2 is 1.90 bits per heavy atom. The van der Waals surface area contributed by atoms with Gasteiger partial charge in [0.25, 0.3) is 0 Å². The van der Waals surface area contributed by atoms with Crippen molar-refractivity contribution in [1.29, 1.82) is 0 Å². The molecule has 7 unspecified atom stereocenters. The maximum Gasteiger partial charge on any atom is 0.357 e. The van der Waals surface area contributed by atoms with E-state index in [1.54, 1.807) is 12.4 Å². The molecule has 1 aromatic rings. The molecule has 12 heteroatoms. The van der Waals surface area contributed by atoms with Crippen molar-refractivity contribution < 1.29 is 18.6 Å². The van der Waals surface area contributed by atoms with Gasteiger partial charge in [0, 0.05) is 57.8 Å². The minimum Gasteiger partial charge on any atom is -0.631 e. The molecule has 222 valence electrons. The number of nitrogens with zero attached hydrogens (tertiary/aromatic N) is 6. The third-order valence-electron chi connectivity index (χ3n) is 10.2. The van der Waals surface area contributed by atoms with Crippen LogP contribution in [0.15, 0.2) is 12.4 Å². The van der Waals surface area contributed by atoms with E-state index in [0.717, 1.165) is 50.3 Å². The molecule has 0 saturated carbocycles. The van der Waals surface area contributed by atoms with Crippen molar-refractivity contribution in [3.63, 3.8) is 0 Å². The molecule has 6 rings (SSSR count). The number of carbonyl (C=O) groups is 2. The van der Waals surface area contributed by atoms with E-state index in [0.29, 0.717) is 30.9 Å². The zero-order valence-corrected chi connectivity index (χ0v) is 24.2. The van der Waals surface area contributed by atoms with Gasteiger partial charge in [0.1, 0.15) is 6.04 Å². The highest BCUT2D eigenvalue weighted by Gasteiger charge is 2.75. The molecule has 0 aromatic carbocycles. The van der Waals surface area contributed by atoms with Gasteiger partial charge >= 0.3 is 11.9 Å². The number of piperazine rings is 1. The first-order chi connectivity index (χ1) is 19.6. The van der Waals surface area contributed by atoms with Crippen molar-refractivity contribution in [1.82, 2.24) is 19.5 Å². The number of hydrogen-bond donors (Lipinski definition) is 2. The molecule has 2 amide bonds. The number of nitrogens with one attached hydrogen (secondary N) is 1. The molecular formula is C29H42FN8O3+. The van der Waals surface area contributed by atoms with Gasteiger partial charge in [-0.05, 0) is 38.8 Å². The van der Waals surface area contributed by atoms with Crippen molar-refractivity contribution in [3.05, 3.63) is 23.2 Å². The smallest absolute Gasteiger partial charge is 0.357 e. The largest absolute Gasteiger partial charge is 0.631 e. The van der Waals surface area contributed by atoms with Gasteiger partial charge < -0.3 is 29.9 Å². The third kappa shape index (κ3) is 4.56. The van der Waals surface area contributed by atoms with Crippen LogP contribution in [0, 0.1) is 29.9 Å². The lowest BCUT2D eigenvalue weighted by atomic mass is 9.74. The molecule has 5 aliphatic heterocycles. The summed E-state index contributed by atoms with van der Waals surface area (Å²) in [6, 6.07) is -0.980. The van der Waals surface area contributed by atoms with Gasteiger partial charge in [0.05, 0.1) is 23.5 Å². The zero-order valence-electron chi connectivity index (χ0n) is 24.2. The van der Waals surface area contributed by atoms with Crippen molar-refractivity contribution >= 4 is 35.1 Å². The second kappa shape index (κ2) is 10.7. The minimum atomic E-state index is -1.33. The van der Waals surface area contributed by atoms with Gasteiger partial charge in [-0.15, -0.1) is 0 Å². The number of fused-ring (bicyclic) bond motifs is 2. The summed E-state index contributed by atoms with van der Waals surface area (Å²) in [5.41, 5.74) is 9.23. The fraction of sp³-hybridized carbons (Fsp3) is 0.690. The van der Waals surface area contributed by atoms with Crippen molar-refractivity contribution in [2.45, 2.75) is 64.0 Å². The molecule has 0 spiro atoms. The van der Waals surface area contributed by atoms with Crippen molar-refractivity contribution in [2.75, 3.05) is 56.5 Å². The van der Waals surface area contributed by atoms with Crippen LogP contribution in [0.2, 0.25) is 0 Å². The summed E-state index contributed by atoms with van der Waals surface area (Å²) in [7, 11) is 2.08. The first-order valence-electron chi connectivity index (χ1n) is 15.0. The Balaban J connectivity index is 1.19. The summed E-state index contributed by atoms with van der Waals surface area (Å²) in [5, 5.41) is 17.0. The molecule has 41 heavy (non-hydrogen) atoms. The monoisotopic (exact) mass is 569 g/mol. The molecule has 2 bridgehead atoms. The van der Waals surface area contributed by atoms with E-state index in [1.807, 2.05) is 18.7 Å². The summed E-state index contributed by atoms with van der Waals surface area (Å²) in [5.74, 6) is -1.15. The molecule has 0 aliphatic carbocycles. The number of aromatic nitrogens is 1. The molecule has 1 aromatic heterocycles. The predicted molar refractivity (Wildman–Crippen MR) is 156 cm³/mol. The van der Waals surface area contributed by atoms with E-state index in [9.17, 15) is 19.2 Å². The van der Waals surface area contributed by atoms with Gasteiger partial charge in [-0.3, -0.25) is 20.3 Å². The quantitative estimate of drug-likeness (QED) is 0.302. The Bertz CT molecular complexity index is 1270. The number of likely N-dealkylation sites (N-methyl/N-ethyl adjacent to an activating group) is 1. The Kier molecular flexibility index (Phi) is 7.40. The highest BCUT2D eigenvalue weighted by molar-refractivity contribution is 6.13. The van der Waals surface area contributed by atoms with Crippen LogP contribution >= 0.6 is 0 Å². The van der Waals surface area contributed by atoms with Crippen molar-refractivity contribution in [3.8, 4) is 0 Å². The molecule has 0 radical (unpaired) electrons. The molecule has 6 heterocycles. The Hall–Kier alpha value is -2.89. The Morgan fingerprint density at radius 1 is 1.20 bits per heavy atom. The number of anilines is 2. The number of aryl methyl sites for hydroxylation is 1. The van der Waals surface area contributed by atoms with E-state index in [-0.39, 0.29) is 24.2 Å². The summed E-state index contributed by atoms with van der Waals surface area (Å²) < 4.78 is 18.2. The van der Waals surface area contributed by atoms with Crippen LogP contribution in [-0.2, 0) is 9.59 Å². The van der Waals surface area contributed by atoms with Crippen LogP contribution in [0.4, 0.5) is 15.8 Å². The predicted octanol–water partition coefficient (Wildman–Crippen LogP) is 0.646. The van der Waals surface area contributed by atoms with Crippen LogP contribution in [-0.4, -0.2) is 114 Å². The van der Waals surface area contributed by atoms with Crippen LogP contribution in [0.25, 0.3) is 0 Å². The molecule has 5 aliphatic rings. The summed E-state index contributed by atoms with van der Waals surface area (Å²) in [6.45, 7) is 8.66. The lowest BCUT2D eigenvalue weighted by molar-refractivity contribution is -0.987. The van der Waals surface area contributed by atoms with Crippen LogP contribution < -0.4 is 20.6 Å². The number of carbonyl (C=O) groups excluding carboxylic acids is 2. The molecule has 7 atom stereocenters. The summed E-state index contributed by atoms with van der Waals surface area (Å²) >= 11 is 0. The number of rotatable bonds is 5. The lowest BCUT2D eigenvalue weighted by Crippen LogP contribution is -2.77. The minimum absolute atomic E-state index is 0.00361. The van der Waals surface area contributed by atoms with Gasteiger partial charge in [-0.1, -0.05) is 11.6 Å². The lowest BCUT2D eigenvalue weighted by Gasteiger charge is -2.63. The molecule has 4 fully saturated rings. The maximum absolute atomic E-state index is 14.6. The summed E-state index contributed by atoms with van der Waals surface area (Å²) in [4.78, 5) is 37.8. The van der Waals surface area contributed by atoms with Crippen molar-refractivity contribution in [2.24, 2.45) is 23.5 Å². The van der Waals surface area contributed by atoms with Gasteiger partial charge in [0.15, 0.2) is 18.4 Å². The van der Waals surface area contributed by atoms with Gasteiger partial charge in [-0.25, -0.2) is 4.39 Å². The first kappa shape index (κ1) is 28.2. The molecule has 11 nitrogen and oxygen atoms in total. The number of amides is 2. The SMILES string of the molecule is CCC1C2CC(F)C=[N+]=C3C(C(=O)Nc4cncc(C)c4N4CCC(C(=O)N5CCN(C)CC5)CC4)C(N)[N+]2([O-])C31. The number of hydrogen-bond acceptors (Lipinski definition) is 7. The Labute approximate surface area is 240 Å². The second-order valence-electron chi connectivity index (χ2n) is 12.5. The van der Waals surface area contributed by atoms with Gasteiger partial charge in [0.2, 0.25) is 17.7 Å². The second-order valence-corrected chi connectivity index (χ2v) is 12.5. The van der Waals surface area contributed by atoms with E-state index < -0.39 is 40.9 Å². The molecule has 3 N–H and O–H groups in total. The fourth-order valence-corrected chi connectivity index (χ4v) is 7.99. The van der Waals surface area contributed by atoms with E-state index in [1.165, 1.54) is 6.21 Å². The number of pyridine rings is 1. The number of halogens is 1. The number of hydroxylamine groups is 3. The first-order valence-corrected chi connectivity index (χ1v) is 15.0. The number of alkyl halides is 1. The average Bonchev–Trinajstić information content (AvgIpc) is 3.15. The highest BCUT2D eigenvalue weighted by Crippen LogP contribution is 2.53. The molecular weight excluding hydrogens is 527 g/mol. The fourth-order valence-electron chi connectivity index (χ4n) is 7.99. The van der Waals surface area contributed by atoms with Crippen LogP contribution in [0.3, 0.4) is 0 Å². The standard InChI is InChI=1S/C29H41FN8O3/c1-4-20-22-13-19(30)15-33-24-23(27(31)38(22,41)26(20)24)28(39)34-21-16-32-14-17(2)25(21)36-7-5-18(6-8-36)29(40)37-11-9-35(3)10-12-37/h14-16,18-20,22-23,26-27H,4-13,31H2,1-3H3/p+1. The van der Waals surface area contributed by atoms with Gasteiger partial charge in [-0.2, -0.15) is 0 Å². The molecule has 4 saturated heterocycles.